The van der Waals surface area contributed by atoms with Crippen LogP contribution in [0, 0.1) is 6.92 Å². The summed E-state index contributed by atoms with van der Waals surface area (Å²) in [4.78, 5) is 16.8. The number of hydrogen-bond acceptors (Lipinski definition) is 4. The van der Waals surface area contributed by atoms with Gasteiger partial charge in [0.25, 0.3) is 0 Å². The molecule has 42 heavy (non-hydrogen) atoms. The number of sulfonamides is 1. The van der Waals surface area contributed by atoms with E-state index in [9.17, 15) is 13.2 Å². The number of nitrogens with zero attached hydrogens (tertiary/aromatic N) is 1. The predicted octanol–water partition coefficient (Wildman–Crippen LogP) is 8.87. The van der Waals surface area contributed by atoms with Gasteiger partial charge in [0, 0.05) is 52.5 Å². The van der Waals surface area contributed by atoms with E-state index in [0.717, 1.165) is 45.1 Å². The van der Waals surface area contributed by atoms with Crippen LogP contribution in [0.1, 0.15) is 29.3 Å². The molecule has 6 nitrogen and oxygen atoms in total. The third-order valence-corrected chi connectivity index (χ3v) is 9.25. The SMILES string of the molecule is CCC(=O)c1c(-c2ccc(C)cc2)oc2cc(N(C)S(C)(=O)=O)c(-c3cccc(-c4[nH]c5ccccc5c4Cl)c3)cc12. The molecule has 0 spiro atoms. The standard InChI is InChI=1S/C34H29ClN2O4S/c1-5-29(38)31-26-18-25(22-9-8-10-23(17-22)33-32(35)24-11-6-7-12-27(24)36-33)28(37(3)42(4,39)40)19-30(26)41-34(31)21-15-13-20(2)14-16-21/h6-19,36H,5H2,1-4H3. The molecule has 0 bridgehead atoms. The zero-order valence-corrected chi connectivity index (χ0v) is 25.2. The van der Waals surface area contributed by atoms with Crippen molar-refractivity contribution in [1.82, 2.24) is 4.98 Å². The number of rotatable bonds is 7. The Bertz CT molecular complexity index is 2110. The van der Waals surface area contributed by atoms with Crippen LogP contribution in [-0.2, 0) is 10.0 Å². The first-order valence-corrected chi connectivity index (χ1v) is 15.8. The maximum absolute atomic E-state index is 13.4. The third-order valence-electron chi connectivity index (χ3n) is 7.66. The second-order valence-electron chi connectivity index (χ2n) is 10.5. The van der Waals surface area contributed by atoms with Gasteiger partial charge in [0.2, 0.25) is 10.0 Å². The van der Waals surface area contributed by atoms with Gasteiger partial charge < -0.3 is 9.40 Å². The van der Waals surface area contributed by atoms with Gasteiger partial charge in [-0.25, -0.2) is 8.42 Å². The summed E-state index contributed by atoms with van der Waals surface area (Å²) in [7, 11) is -2.11. The van der Waals surface area contributed by atoms with Gasteiger partial charge in [0.15, 0.2) is 5.78 Å². The van der Waals surface area contributed by atoms with Crippen molar-refractivity contribution in [3.05, 3.63) is 101 Å². The summed E-state index contributed by atoms with van der Waals surface area (Å²) in [5.74, 6) is 0.415. The summed E-state index contributed by atoms with van der Waals surface area (Å²) >= 11 is 6.78. The number of aryl methyl sites for hydroxylation is 1. The Kier molecular flexibility index (Phi) is 6.95. The molecule has 4 aromatic carbocycles. The highest BCUT2D eigenvalue weighted by Crippen LogP contribution is 2.43. The normalized spacial score (nSPS) is 11.8. The number of nitrogens with one attached hydrogen (secondary N) is 1. The van der Waals surface area contributed by atoms with Crippen LogP contribution in [0.5, 0.6) is 0 Å². The topological polar surface area (TPSA) is 83.4 Å². The molecular formula is C34H29ClN2O4S. The number of hydrogen-bond donors (Lipinski definition) is 1. The van der Waals surface area contributed by atoms with Gasteiger partial charge in [-0.1, -0.05) is 84.8 Å². The Labute approximate surface area is 249 Å². The maximum atomic E-state index is 13.4. The first-order chi connectivity index (χ1) is 20.1. The summed E-state index contributed by atoms with van der Waals surface area (Å²) in [5.41, 5.74) is 7.18. The summed E-state index contributed by atoms with van der Waals surface area (Å²) < 4.78 is 33.1. The minimum Gasteiger partial charge on any atom is -0.455 e. The number of Topliss-reactive ketones (excluding diaryl/α,β-unsaturated/α-hetero) is 1. The zero-order chi connectivity index (χ0) is 29.8. The number of halogens is 1. The van der Waals surface area contributed by atoms with Crippen molar-refractivity contribution < 1.29 is 17.6 Å². The number of carbonyl (C=O) groups excluding carboxylic acids is 1. The van der Waals surface area contributed by atoms with Gasteiger partial charge >= 0.3 is 0 Å². The van der Waals surface area contributed by atoms with Crippen LogP contribution in [0.15, 0.2) is 89.3 Å². The molecule has 2 heterocycles. The highest BCUT2D eigenvalue weighted by molar-refractivity contribution is 7.92. The fraction of sp³-hybridized carbons (Fsp3) is 0.147. The smallest absolute Gasteiger partial charge is 0.232 e. The number of H-pyrrole nitrogens is 1. The van der Waals surface area contributed by atoms with Crippen LogP contribution in [0.3, 0.4) is 0 Å². The maximum Gasteiger partial charge on any atom is 0.232 e. The Balaban J connectivity index is 1.62. The number of aromatic nitrogens is 1. The quantitative estimate of drug-likeness (QED) is 0.187. The lowest BCUT2D eigenvalue weighted by molar-refractivity contribution is 0.0989. The molecular weight excluding hydrogens is 568 g/mol. The first-order valence-electron chi connectivity index (χ1n) is 13.6. The number of furan rings is 1. The highest BCUT2D eigenvalue weighted by atomic mass is 35.5. The Morgan fingerprint density at radius 1 is 0.905 bits per heavy atom. The van der Waals surface area contributed by atoms with Crippen molar-refractivity contribution >= 4 is 55.0 Å². The molecule has 0 aliphatic rings. The van der Waals surface area contributed by atoms with Crippen molar-refractivity contribution in [3.8, 4) is 33.7 Å². The van der Waals surface area contributed by atoms with Crippen LogP contribution in [0.25, 0.3) is 55.6 Å². The van der Waals surface area contributed by atoms with E-state index in [4.69, 9.17) is 16.0 Å². The molecule has 0 unspecified atom stereocenters. The molecule has 0 amide bonds. The van der Waals surface area contributed by atoms with Gasteiger partial charge in [0.1, 0.15) is 11.3 Å². The van der Waals surface area contributed by atoms with Crippen molar-refractivity contribution in [3.63, 3.8) is 0 Å². The van der Waals surface area contributed by atoms with E-state index >= 15 is 0 Å². The zero-order valence-electron chi connectivity index (χ0n) is 23.7. The third kappa shape index (κ3) is 4.78. The van der Waals surface area contributed by atoms with E-state index in [2.05, 4.69) is 4.98 Å². The minimum atomic E-state index is -3.63. The van der Waals surface area contributed by atoms with Gasteiger partial charge in [-0.2, -0.15) is 0 Å². The summed E-state index contributed by atoms with van der Waals surface area (Å²) in [5, 5.41) is 2.16. The predicted molar refractivity (Wildman–Crippen MR) is 172 cm³/mol. The van der Waals surface area contributed by atoms with Crippen molar-refractivity contribution in [1.29, 1.82) is 0 Å². The number of ketones is 1. The Morgan fingerprint density at radius 3 is 2.31 bits per heavy atom. The summed E-state index contributed by atoms with van der Waals surface area (Å²) in [6.07, 6.45) is 1.45. The highest BCUT2D eigenvalue weighted by Gasteiger charge is 2.26. The van der Waals surface area contributed by atoms with Crippen molar-refractivity contribution in [2.75, 3.05) is 17.6 Å². The van der Waals surface area contributed by atoms with Gasteiger partial charge in [0.05, 0.1) is 28.2 Å². The number of aromatic amines is 1. The lowest BCUT2D eigenvalue weighted by atomic mass is 9.95. The largest absolute Gasteiger partial charge is 0.455 e. The van der Waals surface area contributed by atoms with Crippen LogP contribution in [-0.4, -0.2) is 32.5 Å². The molecule has 0 saturated carbocycles. The molecule has 0 aliphatic carbocycles. The van der Waals surface area contributed by atoms with Crippen LogP contribution < -0.4 is 4.31 Å². The molecule has 0 aliphatic heterocycles. The van der Waals surface area contributed by atoms with E-state index in [0.29, 0.717) is 45.0 Å². The van der Waals surface area contributed by atoms with Crippen LogP contribution in [0.4, 0.5) is 5.69 Å². The molecule has 6 rings (SSSR count). The number of anilines is 1. The molecule has 1 N–H and O–H groups in total. The van der Waals surface area contributed by atoms with E-state index in [-0.39, 0.29) is 5.78 Å². The average Bonchev–Trinajstić information content (AvgIpc) is 3.53. The lowest BCUT2D eigenvalue weighted by Gasteiger charge is -2.21. The molecule has 2 aromatic heterocycles. The molecule has 0 radical (unpaired) electrons. The van der Waals surface area contributed by atoms with E-state index in [1.807, 2.05) is 92.7 Å². The second kappa shape index (κ2) is 10.5. The number of fused-ring (bicyclic) bond motifs is 2. The monoisotopic (exact) mass is 596 g/mol. The van der Waals surface area contributed by atoms with Gasteiger partial charge in [-0.3, -0.25) is 9.10 Å². The fourth-order valence-corrected chi connectivity index (χ4v) is 6.14. The molecule has 212 valence electrons. The summed E-state index contributed by atoms with van der Waals surface area (Å²) in [6.45, 7) is 3.82. The number of benzene rings is 4. The number of carbonyl (C=O) groups is 1. The lowest BCUT2D eigenvalue weighted by Crippen LogP contribution is -2.25. The fourth-order valence-electron chi connectivity index (χ4n) is 5.31. The Morgan fingerprint density at radius 2 is 1.62 bits per heavy atom. The first kappa shape index (κ1) is 27.8. The molecule has 8 heteroatoms. The van der Waals surface area contributed by atoms with Gasteiger partial charge in [-0.05, 0) is 30.7 Å². The van der Waals surface area contributed by atoms with E-state index in [1.54, 1.807) is 6.07 Å². The Hall–Kier alpha value is -4.33. The van der Waals surface area contributed by atoms with Crippen LogP contribution >= 0.6 is 11.6 Å². The minimum absolute atomic E-state index is 0.0573. The molecule has 6 aromatic rings. The van der Waals surface area contributed by atoms with E-state index in [1.165, 1.54) is 11.4 Å². The molecule has 0 saturated heterocycles. The van der Waals surface area contributed by atoms with Crippen LogP contribution in [0.2, 0.25) is 5.02 Å². The average molecular weight is 597 g/mol. The number of para-hydroxylation sites is 1. The van der Waals surface area contributed by atoms with E-state index < -0.39 is 10.0 Å². The summed E-state index contributed by atoms with van der Waals surface area (Å²) in [6, 6.07) is 26.9. The molecule has 0 atom stereocenters. The van der Waals surface area contributed by atoms with Crippen molar-refractivity contribution in [2.24, 2.45) is 0 Å². The second-order valence-corrected chi connectivity index (χ2v) is 12.9. The van der Waals surface area contributed by atoms with Gasteiger partial charge in [-0.15, -0.1) is 0 Å². The van der Waals surface area contributed by atoms with Crippen molar-refractivity contribution in [2.45, 2.75) is 20.3 Å². The molecule has 0 fully saturated rings.